The standard InChI is InChI=1S/C17H27NO2/c1-3-20-16-11-14(7-8-15(16)19)12-18-13-17(2)9-5-4-6-10-17/h7-8,11,18-19H,3-6,9-10,12-13H2,1-2H3. The van der Waals surface area contributed by atoms with Crippen molar-refractivity contribution in [2.24, 2.45) is 5.41 Å². The van der Waals surface area contributed by atoms with E-state index in [2.05, 4.69) is 12.2 Å². The van der Waals surface area contributed by atoms with Gasteiger partial charge in [-0.3, -0.25) is 0 Å². The second-order valence-corrected chi connectivity index (χ2v) is 6.21. The summed E-state index contributed by atoms with van der Waals surface area (Å²) in [6.07, 6.45) is 6.79. The molecule has 2 rings (SSSR count). The third-order valence-electron chi connectivity index (χ3n) is 4.27. The molecule has 2 N–H and O–H groups in total. The lowest BCUT2D eigenvalue weighted by Crippen LogP contribution is -2.33. The highest BCUT2D eigenvalue weighted by Crippen LogP contribution is 2.35. The summed E-state index contributed by atoms with van der Waals surface area (Å²) in [5.74, 6) is 0.797. The van der Waals surface area contributed by atoms with E-state index in [4.69, 9.17) is 4.74 Å². The van der Waals surface area contributed by atoms with Gasteiger partial charge in [-0.25, -0.2) is 0 Å². The van der Waals surface area contributed by atoms with Gasteiger partial charge in [0.1, 0.15) is 0 Å². The molecule has 0 amide bonds. The predicted octanol–water partition coefficient (Wildman–Crippen LogP) is 3.85. The third kappa shape index (κ3) is 4.14. The minimum absolute atomic E-state index is 0.217. The van der Waals surface area contributed by atoms with Crippen LogP contribution in [-0.4, -0.2) is 18.3 Å². The lowest BCUT2D eigenvalue weighted by Gasteiger charge is -2.33. The van der Waals surface area contributed by atoms with Crippen molar-refractivity contribution in [1.82, 2.24) is 5.32 Å². The van der Waals surface area contributed by atoms with Crippen LogP contribution < -0.4 is 10.1 Å². The first-order chi connectivity index (χ1) is 9.63. The zero-order chi connectivity index (χ0) is 14.4. The molecule has 0 aliphatic heterocycles. The van der Waals surface area contributed by atoms with Gasteiger partial charge in [-0.1, -0.05) is 32.3 Å². The molecule has 1 aromatic rings. The van der Waals surface area contributed by atoms with Crippen LogP contribution in [0.1, 0.15) is 51.5 Å². The molecule has 0 heterocycles. The summed E-state index contributed by atoms with van der Waals surface area (Å²) in [6, 6.07) is 5.59. The molecule has 112 valence electrons. The van der Waals surface area contributed by atoms with Crippen LogP contribution in [0, 0.1) is 5.41 Å². The molecule has 1 aromatic carbocycles. The van der Waals surface area contributed by atoms with Crippen molar-refractivity contribution >= 4 is 0 Å². The van der Waals surface area contributed by atoms with Gasteiger partial charge in [0.15, 0.2) is 11.5 Å². The fourth-order valence-corrected chi connectivity index (χ4v) is 3.03. The SMILES string of the molecule is CCOc1cc(CNCC2(C)CCCCC2)ccc1O. The molecular formula is C17H27NO2. The molecule has 0 atom stereocenters. The number of phenols is 1. The Morgan fingerprint density at radius 2 is 2.00 bits per heavy atom. The van der Waals surface area contributed by atoms with Gasteiger partial charge in [-0.2, -0.15) is 0 Å². The van der Waals surface area contributed by atoms with Gasteiger partial charge in [-0.05, 0) is 42.9 Å². The van der Waals surface area contributed by atoms with Gasteiger partial charge in [0, 0.05) is 13.1 Å². The van der Waals surface area contributed by atoms with Crippen LogP contribution in [0.25, 0.3) is 0 Å². The number of aromatic hydroxyl groups is 1. The minimum atomic E-state index is 0.217. The van der Waals surface area contributed by atoms with Gasteiger partial charge in [-0.15, -0.1) is 0 Å². The summed E-state index contributed by atoms with van der Waals surface area (Å²) in [5, 5.41) is 13.3. The molecule has 3 heteroatoms. The Morgan fingerprint density at radius 1 is 1.25 bits per heavy atom. The topological polar surface area (TPSA) is 41.5 Å². The molecule has 1 aliphatic rings. The quantitative estimate of drug-likeness (QED) is 0.830. The third-order valence-corrected chi connectivity index (χ3v) is 4.27. The van der Waals surface area contributed by atoms with Crippen LogP contribution in [0.5, 0.6) is 11.5 Å². The van der Waals surface area contributed by atoms with Gasteiger partial charge >= 0.3 is 0 Å². The van der Waals surface area contributed by atoms with Gasteiger partial charge in [0.2, 0.25) is 0 Å². The highest BCUT2D eigenvalue weighted by molar-refractivity contribution is 5.41. The molecule has 0 unspecified atom stereocenters. The van der Waals surface area contributed by atoms with E-state index in [1.54, 1.807) is 6.07 Å². The molecule has 1 saturated carbocycles. The predicted molar refractivity (Wildman–Crippen MR) is 82.2 cm³/mol. The van der Waals surface area contributed by atoms with E-state index in [-0.39, 0.29) is 5.75 Å². The molecular weight excluding hydrogens is 250 g/mol. The molecule has 0 spiro atoms. The Kier molecular flexibility index (Phi) is 5.30. The van der Waals surface area contributed by atoms with Crippen molar-refractivity contribution in [3.63, 3.8) is 0 Å². The van der Waals surface area contributed by atoms with Crippen LogP contribution in [-0.2, 0) is 6.54 Å². The van der Waals surface area contributed by atoms with Crippen LogP contribution >= 0.6 is 0 Å². The Morgan fingerprint density at radius 3 is 2.70 bits per heavy atom. The van der Waals surface area contributed by atoms with E-state index >= 15 is 0 Å². The van der Waals surface area contributed by atoms with Crippen molar-refractivity contribution in [3.8, 4) is 11.5 Å². The second kappa shape index (κ2) is 6.98. The van der Waals surface area contributed by atoms with Crippen molar-refractivity contribution in [2.75, 3.05) is 13.2 Å². The van der Waals surface area contributed by atoms with Crippen molar-refractivity contribution < 1.29 is 9.84 Å². The summed E-state index contributed by atoms with van der Waals surface area (Å²) in [6.45, 7) is 6.78. The fraction of sp³-hybridized carbons (Fsp3) is 0.647. The van der Waals surface area contributed by atoms with Crippen molar-refractivity contribution in [2.45, 2.75) is 52.5 Å². The number of ether oxygens (including phenoxy) is 1. The van der Waals surface area contributed by atoms with E-state index in [9.17, 15) is 5.11 Å². The Labute approximate surface area is 122 Å². The van der Waals surface area contributed by atoms with E-state index in [1.165, 1.54) is 32.1 Å². The van der Waals surface area contributed by atoms with Crippen molar-refractivity contribution in [1.29, 1.82) is 0 Å². The van der Waals surface area contributed by atoms with Gasteiger partial charge in [0.25, 0.3) is 0 Å². The van der Waals surface area contributed by atoms with Gasteiger partial charge in [0.05, 0.1) is 6.61 Å². The van der Waals surface area contributed by atoms with E-state index in [0.29, 0.717) is 17.8 Å². The summed E-state index contributed by atoms with van der Waals surface area (Å²) >= 11 is 0. The summed E-state index contributed by atoms with van der Waals surface area (Å²) in [4.78, 5) is 0. The first-order valence-electron chi connectivity index (χ1n) is 7.78. The lowest BCUT2D eigenvalue weighted by molar-refractivity contribution is 0.207. The van der Waals surface area contributed by atoms with E-state index in [1.807, 2.05) is 19.1 Å². The largest absolute Gasteiger partial charge is 0.504 e. The molecule has 0 bridgehead atoms. The number of hydrogen-bond acceptors (Lipinski definition) is 3. The highest BCUT2D eigenvalue weighted by atomic mass is 16.5. The van der Waals surface area contributed by atoms with Crippen LogP contribution in [0.15, 0.2) is 18.2 Å². The maximum absolute atomic E-state index is 9.69. The van der Waals surface area contributed by atoms with Crippen LogP contribution in [0.3, 0.4) is 0 Å². The molecule has 3 nitrogen and oxygen atoms in total. The number of rotatable bonds is 6. The number of benzene rings is 1. The average molecular weight is 277 g/mol. The Balaban J connectivity index is 1.85. The zero-order valence-electron chi connectivity index (χ0n) is 12.7. The molecule has 1 fully saturated rings. The van der Waals surface area contributed by atoms with Crippen LogP contribution in [0.4, 0.5) is 0 Å². The first-order valence-corrected chi connectivity index (χ1v) is 7.78. The monoisotopic (exact) mass is 277 g/mol. The minimum Gasteiger partial charge on any atom is -0.504 e. The summed E-state index contributed by atoms with van der Waals surface area (Å²) in [7, 11) is 0. The number of phenolic OH excluding ortho intramolecular Hbond substituents is 1. The Hall–Kier alpha value is -1.22. The molecule has 0 aromatic heterocycles. The summed E-state index contributed by atoms with van der Waals surface area (Å²) < 4.78 is 5.42. The molecule has 1 aliphatic carbocycles. The first kappa shape index (κ1) is 15.2. The molecule has 0 saturated heterocycles. The number of nitrogens with one attached hydrogen (secondary N) is 1. The zero-order valence-corrected chi connectivity index (χ0v) is 12.7. The number of hydrogen-bond donors (Lipinski definition) is 2. The van der Waals surface area contributed by atoms with E-state index < -0.39 is 0 Å². The summed E-state index contributed by atoms with van der Waals surface area (Å²) in [5.41, 5.74) is 1.61. The maximum atomic E-state index is 9.69. The maximum Gasteiger partial charge on any atom is 0.161 e. The van der Waals surface area contributed by atoms with Crippen LogP contribution in [0.2, 0.25) is 0 Å². The fourth-order valence-electron chi connectivity index (χ4n) is 3.03. The van der Waals surface area contributed by atoms with Gasteiger partial charge < -0.3 is 15.2 Å². The Bertz CT molecular complexity index is 425. The molecule has 0 radical (unpaired) electrons. The highest BCUT2D eigenvalue weighted by Gasteiger charge is 2.25. The van der Waals surface area contributed by atoms with E-state index in [0.717, 1.165) is 18.7 Å². The smallest absolute Gasteiger partial charge is 0.161 e. The lowest BCUT2D eigenvalue weighted by atomic mass is 9.76. The average Bonchev–Trinajstić information content (AvgIpc) is 2.43. The normalized spacial score (nSPS) is 17.9. The molecule has 20 heavy (non-hydrogen) atoms. The second-order valence-electron chi connectivity index (χ2n) is 6.21. The van der Waals surface area contributed by atoms with Crippen molar-refractivity contribution in [3.05, 3.63) is 23.8 Å².